The number of H-pyrrole nitrogens is 1. The number of aromatic nitrogens is 4. The minimum atomic E-state index is -3.51. The molecule has 11 heteroatoms. The average molecular weight is 479 g/mol. The normalized spacial score (nSPS) is 11.2. The molecule has 4 rings (SSSR count). The molecule has 0 saturated carbocycles. The quantitative estimate of drug-likeness (QED) is 0.448. The van der Waals surface area contributed by atoms with Gasteiger partial charge in [-0.1, -0.05) is 24.3 Å². The highest BCUT2D eigenvalue weighted by Gasteiger charge is 2.33. The standard InChI is InChI=1S/C24H16F3N5O3/c1-24(26,27)21-20(35-19-5-3-2-4-15(19)11-28)23(34)32(13-29-21)12-17-10-18(22(33)31-30-17)14-6-8-16(25)9-7-14/h2-10,13H,12H2,1H3,(H,31,33). The van der Waals surface area contributed by atoms with Crippen molar-refractivity contribution in [3.8, 4) is 28.7 Å². The van der Waals surface area contributed by atoms with Gasteiger partial charge in [-0.2, -0.15) is 19.1 Å². The number of nitriles is 1. The molecule has 0 fully saturated rings. The fraction of sp³-hybridized carbons (Fsp3) is 0.125. The maximum atomic E-state index is 14.2. The first-order valence-corrected chi connectivity index (χ1v) is 10.2. The smallest absolute Gasteiger partial charge is 0.297 e. The van der Waals surface area contributed by atoms with Crippen molar-refractivity contribution >= 4 is 0 Å². The molecule has 0 aliphatic rings. The van der Waals surface area contributed by atoms with Crippen LogP contribution in [0.4, 0.5) is 13.2 Å². The fourth-order valence-corrected chi connectivity index (χ4v) is 3.29. The first-order valence-electron chi connectivity index (χ1n) is 10.2. The van der Waals surface area contributed by atoms with Gasteiger partial charge in [0.15, 0.2) is 5.69 Å². The highest BCUT2D eigenvalue weighted by molar-refractivity contribution is 5.62. The van der Waals surface area contributed by atoms with Crippen LogP contribution in [0, 0.1) is 17.1 Å². The molecule has 0 atom stereocenters. The summed E-state index contributed by atoms with van der Waals surface area (Å²) in [6, 6.07) is 14.3. The van der Waals surface area contributed by atoms with Crippen LogP contribution in [0.5, 0.6) is 11.5 Å². The maximum Gasteiger partial charge on any atom is 0.297 e. The summed E-state index contributed by atoms with van der Waals surface area (Å²) in [4.78, 5) is 29.1. The Bertz CT molecular complexity index is 1550. The van der Waals surface area contributed by atoms with Gasteiger partial charge in [-0.15, -0.1) is 0 Å². The molecule has 176 valence electrons. The van der Waals surface area contributed by atoms with Crippen molar-refractivity contribution < 1.29 is 17.9 Å². The van der Waals surface area contributed by atoms with E-state index in [2.05, 4.69) is 15.2 Å². The Kier molecular flexibility index (Phi) is 6.20. The fourth-order valence-electron chi connectivity index (χ4n) is 3.29. The van der Waals surface area contributed by atoms with Gasteiger partial charge in [-0.05, 0) is 35.9 Å². The van der Waals surface area contributed by atoms with E-state index >= 15 is 0 Å². The molecule has 0 radical (unpaired) electrons. The van der Waals surface area contributed by atoms with Gasteiger partial charge in [0.2, 0.25) is 5.75 Å². The van der Waals surface area contributed by atoms with E-state index in [1.54, 1.807) is 6.07 Å². The predicted molar refractivity (Wildman–Crippen MR) is 119 cm³/mol. The van der Waals surface area contributed by atoms with E-state index in [4.69, 9.17) is 4.74 Å². The third-order valence-electron chi connectivity index (χ3n) is 4.98. The summed E-state index contributed by atoms with van der Waals surface area (Å²) in [5.41, 5.74) is -1.55. The van der Waals surface area contributed by atoms with Crippen molar-refractivity contribution in [3.05, 3.63) is 104 Å². The Morgan fingerprint density at radius 1 is 1.14 bits per heavy atom. The number of halogens is 3. The zero-order chi connectivity index (χ0) is 25.2. The summed E-state index contributed by atoms with van der Waals surface area (Å²) >= 11 is 0. The van der Waals surface area contributed by atoms with E-state index in [1.807, 2.05) is 6.07 Å². The molecule has 0 aliphatic carbocycles. The number of aromatic amines is 1. The number of ether oxygens (including phenoxy) is 1. The van der Waals surface area contributed by atoms with Crippen molar-refractivity contribution in [1.82, 2.24) is 19.7 Å². The van der Waals surface area contributed by atoms with Crippen molar-refractivity contribution in [2.45, 2.75) is 19.4 Å². The topological polar surface area (TPSA) is 114 Å². The Morgan fingerprint density at radius 2 is 1.86 bits per heavy atom. The molecule has 0 bridgehead atoms. The number of nitrogens with zero attached hydrogens (tertiary/aromatic N) is 4. The van der Waals surface area contributed by atoms with Gasteiger partial charge in [-0.25, -0.2) is 14.5 Å². The first kappa shape index (κ1) is 23.4. The lowest BCUT2D eigenvalue weighted by atomic mass is 10.1. The van der Waals surface area contributed by atoms with Crippen LogP contribution in [0.2, 0.25) is 0 Å². The molecule has 0 saturated heterocycles. The second kappa shape index (κ2) is 9.26. The summed E-state index contributed by atoms with van der Waals surface area (Å²) in [6.07, 6.45) is 0.919. The van der Waals surface area contributed by atoms with Crippen molar-refractivity contribution in [2.75, 3.05) is 0 Å². The van der Waals surface area contributed by atoms with Crippen LogP contribution in [0.25, 0.3) is 11.1 Å². The lowest BCUT2D eigenvalue weighted by Gasteiger charge is -2.17. The number of hydrogen-bond acceptors (Lipinski definition) is 6. The van der Waals surface area contributed by atoms with E-state index in [9.17, 15) is 28.0 Å². The van der Waals surface area contributed by atoms with E-state index in [0.29, 0.717) is 12.5 Å². The number of nitrogens with one attached hydrogen (secondary N) is 1. The molecule has 0 aliphatic heterocycles. The van der Waals surface area contributed by atoms with E-state index in [-0.39, 0.29) is 29.1 Å². The van der Waals surface area contributed by atoms with Crippen LogP contribution in [0.1, 0.15) is 23.9 Å². The van der Waals surface area contributed by atoms with Gasteiger partial charge in [0.1, 0.15) is 17.6 Å². The highest BCUT2D eigenvalue weighted by atomic mass is 19.3. The molecule has 1 N–H and O–H groups in total. The van der Waals surface area contributed by atoms with Crippen LogP contribution < -0.4 is 15.9 Å². The minimum absolute atomic E-state index is 0.0407. The Labute approximate surface area is 195 Å². The minimum Gasteiger partial charge on any atom is -0.448 e. The van der Waals surface area contributed by atoms with Crippen LogP contribution in [0.15, 0.2) is 70.5 Å². The van der Waals surface area contributed by atoms with Gasteiger partial charge < -0.3 is 4.74 Å². The van der Waals surface area contributed by atoms with E-state index in [0.717, 1.165) is 10.9 Å². The highest BCUT2D eigenvalue weighted by Crippen LogP contribution is 2.33. The maximum absolute atomic E-state index is 14.2. The second-order valence-electron chi connectivity index (χ2n) is 7.56. The van der Waals surface area contributed by atoms with Crippen LogP contribution in [-0.2, 0) is 12.5 Å². The summed E-state index contributed by atoms with van der Waals surface area (Å²) in [5, 5.41) is 15.5. The molecule has 2 aromatic heterocycles. The number of alkyl halides is 2. The van der Waals surface area contributed by atoms with Gasteiger partial charge >= 0.3 is 0 Å². The summed E-state index contributed by atoms with van der Waals surface area (Å²) in [6.45, 7) is 0.323. The lowest BCUT2D eigenvalue weighted by Crippen LogP contribution is -2.27. The molecule has 35 heavy (non-hydrogen) atoms. The average Bonchev–Trinajstić information content (AvgIpc) is 2.83. The Hall–Kier alpha value is -4.72. The van der Waals surface area contributed by atoms with Crippen LogP contribution >= 0.6 is 0 Å². The van der Waals surface area contributed by atoms with Gasteiger partial charge in [0.05, 0.1) is 29.7 Å². The zero-order valence-electron chi connectivity index (χ0n) is 18.1. The molecule has 2 aromatic carbocycles. The predicted octanol–water partition coefficient (Wildman–Crippen LogP) is 3.96. The monoisotopic (exact) mass is 479 g/mol. The largest absolute Gasteiger partial charge is 0.448 e. The van der Waals surface area contributed by atoms with Crippen molar-refractivity contribution in [2.24, 2.45) is 0 Å². The molecule has 0 unspecified atom stereocenters. The van der Waals surface area contributed by atoms with Crippen molar-refractivity contribution in [3.63, 3.8) is 0 Å². The van der Waals surface area contributed by atoms with Gasteiger partial charge in [0.25, 0.3) is 17.0 Å². The first-order chi connectivity index (χ1) is 16.7. The number of para-hydroxylation sites is 1. The van der Waals surface area contributed by atoms with Gasteiger partial charge in [-0.3, -0.25) is 14.2 Å². The summed E-state index contributed by atoms with van der Waals surface area (Å²) in [7, 11) is 0. The molecular weight excluding hydrogens is 463 g/mol. The Balaban J connectivity index is 1.77. The van der Waals surface area contributed by atoms with E-state index in [1.165, 1.54) is 48.5 Å². The van der Waals surface area contributed by atoms with Crippen molar-refractivity contribution in [1.29, 1.82) is 5.26 Å². The third-order valence-corrected chi connectivity index (χ3v) is 4.98. The summed E-state index contributed by atoms with van der Waals surface area (Å²) < 4.78 is 48.1. The summed E-state index contributed by atoms with van der Waals surface area (Å²) in [5.74, 6) is -4.82. The lowest BCUT2D eigenvalue weighted by molar-refractivity contribution is 0.0101. The molecular formula is C24H16F3N5O3. The molecule has 0 spiro atoms. The van der Waals surface area contributed by atoms with Crippen LogP contribution in [0.3, 0.4) is 0 Å². The molecule has 2 heterocycles. The molecule has 8 nitrogen and oxygen atoms in total. The third kappa shape index (κ3) is 4.96. The number of rotatable bonds is 6. The molecule has 4 aromatic rings. The Morgan fingerprint density at radius 3 is 2.54 bits per heavy atom. The van der Waals surface area contributed by atoms with E-state index < -0.39 is 34.3 Å². The number of benzene rings is 2. The van der Waals surface area contributed by atoms with Gasteiger partial charge in [0, 0.05) is 6.92 Å². The second-order valence-corrected chi connectivity index (χ2v) is 7.56. The number of hydrogen-bond donors (Lipinski definition) is 1. The SMILES string of the molecule is CC(F)(F)c1ncn(Cc2cc(-c3ccc(F)cc3)c(=O)[nH]n2)c(=O)c1Oc1ccccc1C#N. The molecule has 0 amide bonds. The van der Waals surface area contributed by atoms with Crippen LogP contribution in [-0.4, -0.2) is 19.7 Å². The zero-order valence-corrected chi connectivity index (χ0v) is 18.1.